The van der Waals surface area contributed by atoms with Crippen LogP contribution in [0.4, 0.5) is 0 Å². The van der Waals surface area contributed by atoms with Crippen LogP contribution in [0.1, 0.15) is 25.5 Å². The normalized spacial score (nSPS) is 14.3. The zero-order valence-corrected chi connectivity index (χ0v) is 12.4. The van der Waals surface area contributed by atoms with Gasteiger partial charge in [0, 0.05) is 18.6 Å². The molecule has 0 fully saturated rings. The second kappa shape index (κ2) is 6.47. The highest BCUT2D eigenvalue weighted by molar-refractivity contribution is 7.88. The lowest BCUT2D eigenvalue weighted by Gasteiger charge is -2.26. The van der Waals surface area contributed by atoms with Crippen LogP contribution < -0.4 is 10.0 Å². The zero-order chi connectivity index (χ0) is 14.5. The van der Waals surface area contributed by atoms with Crippen molar-refractivity contribution in [2.24, 2.45) is 0 Å². The summed E-state index contributed by atoms with van der Waals surface area (Å²) in [6.07, 6.45) is 0.531. The highest BCUT2D eigenvalue weighted by atomic mass is 32.2. The molecule has 0 saturated heterocycles. The number of rotatable bonds is 7. The van der Waals surface area contributed by atoms with Crippen LogP contribution in [0.2, 0.25) is 0 Å². The summed E-state index contributed by atoms with van der Waals surface area (Å²) in [6, 6.07) is 9.34. The number of aliphatic hydroxyl groups excluding tert-OH is 1. The van der Waals surface area contributed by atoms with Crippen molar-refractivity contribution in [1.29, 1.82) is 0 Å². The van der Waals surface area contributed by atoms with Crippen molar-refractivity contribution >= 4 is 10.0 Å². The highest BCUT2D eigenvalue weighted by Crippen LogP contribution is 2.11. The molecule has 0 spiro atoms. The van der Waals surface area contributed by atoms with Crippen molar-refractivity contribution < 1.29 is 13.5 Å². The summed E-state index contributed by atoms with van der Waals surface area (Å²) >= 11 is 0. The van der Waals surface area contributed by atoms with E-state index in [0.717, 1.165) is 11.8 Å². The third-order valence-corrected chi connectivity index (χ3v) is 3.47. The van der Waals surface area contributed by atoms with Crippen molar-refractivity contribution in [2.75, 3.05) is 19.3 Å². The molecule has 19 heavy (non-hydrogen) atoms. The van der Waals surface area contributed by atoms with Crippen LogP contribution in [0.5, 0.6) is 0 Å². The number of sulfonamides is 1. The molecule has 0 radical (unpaired) electrons. The third kappa shape index (κ3) is 6.68. The fraction of sp³-hybridized carbons (Fsp3) is 0.538. The molecule has 0 amide bonds. The second-order valence-corrected chi connectivity index (χ2v) is 7.06. The van der Waals surface area contributed by atoms with E-state index in [0.29, 0.717) is 13.1 Å². The first-order chi connectivity index (χ1) is 8.70. The Morgan fingerprint density at radius 1 is 1.26 bits per heavy atom. The molecule has 108 valence electrons. The van der Waals surface area contributed by atoms with Gasteiger partial charge in [0.2, 0.25) is 10.0 Å². The Morgan fingerprint density at radius 2 is 1.84 bits per heavy atom. The summed E-state index contributed by atoms with van der Waals surface area (Å²) < 4.78 is 24.9. The van der Waals surface area contributed by atoms with Crippen molar-refractivity contribution in [3.63, 3.8) is 0 Å². The Bertz CT molecular complexity index is 486. The summed E-state index contributed by atoms with van der Waals surface area (Å²) in [4.78, 5) is 0. The van der Waals surface area contributed by atoms with Gasteiger partial charge in [-0.1, -0.05) is 30.3 Å². The smallest absolute Gasteiger partial charge is 0.209 e. The molecule has 0 saturated carbocycles. The molecule has 0 aromatic heterocycles. The maximum atomic E-state index is 11.2. The first-order valence-corrected chi connectivity index (χ1v) is 8.01. The quantitative estimate of drug-likeness (QED) is 0.687. The summed E-state index contributed by atoms with van der Waals surface area (Å²) in [5.41, 5.74) is 0.244. The van der Waals surface area contributed by atoms with Gasteiger partial charge in [0.1, 0.15) is 0 Å². The van der Waals surface area contributed by atoms with Gasteiger partial charge in [-0.3, -0.25) is 0 Å². The van der Waals surface area contributed by atoms with Crippen molar-refractivity contribution in [1.82, 2.24) is 10.0 Å². The van der Waals surface area contributed by atoms with E-state index in [4.69, 9.17) is 0 Å². The Balaban J connectivity index is 2.42. The van der Waals surface area contributed by atoms with E-state index in [9.17, 15) is 13.5 Å². The van der Waals surface area contributed by atoms with E-state index in [1.165, 1.54) is 0 Å². The van der Waals surface area contributed by atoms with E-state index in [1.54, 1.807) is 13.8 Å². The van der Waals surface area contributed by atoms with Crippen molar-refractivity contribution in [3.8, 4) is 0 Å². The van der Waals surface area contributed by atoms with Gasteiger partial charge in [-0.2, -0.15) is 0 Å². The molecule has 0 aliphatic carbocycles. The number of nitrogens with one attached hydrogen (secondary N) is 2. The van der Waals surface area contributed by atoms with E-state index < -0.39 is 21.7 Å². The van der Waals surface area contributed by atoms with Crippen LogP contribution in [0.25, 0.3) is 0 Å². The molecule has 1 aromatic rings. The standard InChI is InChI=1S/C13H22N2O3S/c1-13(2,15-19(3,17)18)10-14-9-12(16)11-7-5-4-6-8-11/h4-8,12,14-16H,9-10H2,1-3H3. The molecular formula is C13H22N2O3S. The summed E-state index contributed by atoms with van der Waals surface area (Å²) in [6.45, 7) is 4.38. The van der Waals surface area contributed by atoms with Gasteiger partial charge in [0.25, 0.3) is 0 Å². The molecule has 0 aliphatic rings. The maximum absolute atomic E-state index is 11.2. The minimum absolute atomic E-state index is 0.374. The van der Waals surface area contributed by atoms with E-state index in [-0.39, 0.29) is 0 Å². The average Bonchev–Trinajstić information content (AvgIpc) is 2.26. The lowest BCUT2D eigenvalue weighted by atomic mass is 10.1. The minimum Gasteiger partial charge on any atom is -0.387 e. The minimum atomic E-state index is -3.24. The Labute approximate surface area is 115 Å². The molecule has 1 atom stereocenters. The summed E-state index contributed by atoms with van der Waals surface area (Å²) in [7, 11) is -3.24. The SMILES string of the molecule is CC(C)(CNCC(O)c1ccccc1)NS(C)(=O)=O. The number of benzene rings is 1. The lowest BCUT2D eigenvalue weighted by Crippen LogP contribution is -2.50. The lowest BCUT2D eigenvalue weighted by molar-refractivity contribution is 0.172. The van der Waals surface area contributed by atoms with Crippen LogP contribution in [0.3, 0.4) is 0 Å². The van der Waals surface area contributed by atoms with Crippen LogP contribution in [-0.2, 0) is 10.0 Å². The monoisotopic (exact) mass is 286 g/mol. The number of aliphatic hydroxyl groups is 1. The number of hydrogen-bond donors (Lipinski definition) is 3. The second-order valence-electron chi connectivity index (χ2n) is 5.32. The Kier molecular flexibility index (Phi) is 5.49. The zero-order valence-electron chi connectivity index (χ0n) is 11.6. The molecule has 3 N–H and O–H groups in total. The van der Waals surface area contributed by atoms with Gasteiger partial charge < -0.3 is 10.4 Å². The summed E-state index contributed by atoms with van der Waals surface area (Å²) in [5.74, 6) is 0. The third-order valence-electron chi connectivity index (χ3n) is 2.55. The van der Waals surface area contributed by atoms with E-state index in [1.807, 2.05) is 30.3 Å². The van der Waals surface area contributed by atoms with Crippen molar-refractivity contribution in [3.05, 3.63) is 35.9 Å². The average molecular weight is 286 g/mol. The number of hydrogen-bond acceptors (Lipinski definition) is 4. The summed E-state index contributed by atoms with van der Waals surface area (Å²) in [5, 5.41) is 13.0. The fourth-order valence-corrected chi connectivity index (χ4v) is 2.93. The first kappa shape index (κ1) is 16.1. The fourth-order valence-electron chi connectivity index (χ4n) is 1.85. The maximum Gasteiger partial charge on any atom is 0.209 e. The molecule has 6 heteroatoms. The van der Waals surface area contributed by atoms with Gasteiger partial charge in [-0.15, -0.1) is 0 Å². The van der Waals surface area contributed by atoms with Gasteiger partial charge in [0.05, 0.1) is 12.4 Å². The predicted molar refractivity (Wildman–Crippen MR) is 76.3 cm³/mol. The topological polar surface area (TPSA) is 78.4 Å². The van der Waals surface area contributed by atoms with E-state index in [2.05, 4.69) is 10.0 Å². The van der Waals surface area contributed by atoms with Gasteiger partial charge in [-0.25, -0.2) is 13.1 Å². The molecule has 1 aromatic carbocycles. The molecule has 1 unspecified atom stereocenters. The van der Waals surface area contributed by atoms with Crippen LogP contribution >= 0.6 is 0 Å². The van der Waals surface area contributed by atoms with E-state index >= 15 is 0 Å². The Morgan fingerprint density at radius 3 is 2.37 bits per heavy atom. The molecular weight excluding hydrogens is 264 g/mol. The van der Waals surface area contributed by atoms with Crippen LogP contribution in [0.15, 0.2) is 30.3 Å². The molecule has 0 bridgehead atoms. The highest BCUT2D eigenvalue weighted by Gasteiger charge is 2.21. The van der Waals surface area contributed by atoms with Gasteiger partial charge in [0.15, 0.2) is 0 Å². The van der Waals surface area contributed by atoms with Gasteiger partial charge in [-0.05, 0) is 19.4 Å². The van der Waals surface area contributed by atoms with Gasteiger partial charge >= 0.3 is 0 Å². The molecule has 1 rings (SSSR count). The van der Waals surface area contributed by atoms with Crippen LogP contribution in [0, 0.1) is 0 Å². The van der Waals surface area contributed by atoms with Crippen molar-refractivity contribution in [2.45, 2.75) is 25.5 Å². The first-order valence-electron chi connectivity index (χ1n) is 6.12. The predicted octanol–water partition coefficient (Wildman–Crippen LogP) is 0.637. The van der Waals surface area contributed by atoms with Crippen LogP contribution in [-0.4, -0.2) is 38.4 Å². The molecule has 0 heterocycles. The molecule has 0 aliphatic heterocycles. The molecule has 5 nitrogen and oxygen atoms in total. The largest absolute Gasteiger partial charge is 0.387 e. The Hall–Kier alpha value is -0.950.